The van der Waals surface area contributed by atoms with E-state index in [4.69, 9.17) is 15.3 Å². The molecule has 0 radical (unpaired) electrons. The summed E-state index contributed by atoms with van der Waals surface area (Å²) >= 11 is 0. The molecule has 6 heteroatoms. The van der Waals surface area contributed by atoms with E-state index in [1.807, 2.05) is 24.3 Å². The standard InChI is InChI=1S/C18H19NO5/c20-16(21)10-9-12-5-7-13(8-6-12)11-19-17(22)14-3-1-2-4-15(14)18(23)24/h1-8,16,20-21H,9-11H2,(H,19,22)(H,23,24). The lowest BCUT2D eigenvalue weighted by molar-refractivity contribution is -0.0447. The molecular weight excluding hydrogens is 310 g/mol. The molecule has 2 aromatic rings. The van der Waals surface area contributed by atoms with Gasteiger partial charge in [0.2, 0.25) is 0 Å². The Bertz CT molecular complexity index is 710. The minimum atomic E-state index is -1.32. The molecule has 24 heavy (non-hydrogen) atoms. The van der Waals surface area contributed by atoms with Crippen LogP contribution in [0.25, 0.3) is 0 Å². The SMILES string of the molecule is O=C(O)c1ccccc1C(=O)NCc1ccc(CCC(O)O)cc1. The molecule has 0 aliphatic carbocycles. The lowest BCUT2D eigenvalue weighted by Gasteiger charge is -2.09. The number of carbonyl (C=O) groups is 2. The Morgan fingerprint density at radius 2 is 1.50 bits per heavy atom. The first-order valence-electron chi connectivity index (χ1n) is 7.52. The highest BCUT2D eigenvalue weighted by atomic mass is 16.5. The summed E-state index contributed by atoms with van der Waals surface area (Å²) in [4.78, 5) is 23.3. The van der Waals surface area contributed by atoms with Gasteiger partial charge in [0.05, 0.1) is 11.1 Å². The molecule has 126 valence electrons. The van der Waals surface area contributed by atoms with E-state index in [9.17, 15) is 9.59 Å². The zero-order valence-electron chi connectivity index (χ0n) is 13.0. The highest BCUT2D eigenvalue weighted by Gasteiger charge is 2.15. The number of amides is 1. The number of hydrogen-bond acceptors (Lipinski definition) is 4. The third kappa shape index (κ3) is 4.91. The van der Waals surface area contributed by atoms with Crippen LogP contribution in [0.15, 0.2) is 48.5 Å². The van der Waals surface area contributed by atoms with E-state index < -0.39 is 18.2 Å². The van der Waals surface area contributed by atoms with Gasteiger partial charge in [-0.1, -0.05) is 36.4 Å². The van der Waals surface area contributed by atoms with Crippen LogP contribution in [0.1, 0.15) is 38.3 Å². The molecule has 0 saturated carbocycles. The van der Waals surface area contributed by atoms with E-state index >= 15 is 0 Å². The average molecular weight is 329 g/mol. The minimum Gasteiger partial charge on any atom is -0.478 e. The molecule has 4 N–H and O–H groups in total. The van der Waals surface area contributed by atoms with Gasteiger partial charge in [0.15, 0.2) is 6.29 Å². The Balaban J connectivity index is 1.96. The fraction of sp³-hybridized carbons (Fsp3) is 0.222. The molecular formula is C18H19NO5. The van der Waals surface area contributed by atoms with Crippen LogP contribution >= 0.6 is 0 Å². The third-order valence-corrected chi connectivity index (χ3v) is 3.57. The molecule has 0 atom stereocenters. The Kier molecular flexibility index (Phi) is 6.06. The summed E-state index contributed by atoms with van der Waals surface area (Å²) in [7, 11) is 0. The summed E-state index contributed by atoms with van der Waals surface area (Å²) in [6.07, 6.45) is -0.503. The van der Waals surface area contributed by atoms with Gasteiger partial charge in [-0.15, -0.1) is 0 Å². The Morgan fingerprint density at radius 3 is 2.08 bits per heavy atom. The fourth-order valence-corrected chi connectivity index (χ4v) is 2.26. The number of nitrogens with one attached hydrogen (secondary N) is 1. The van der Waals surface area contributed by atoms with Crippen molar-refractivity contribution in [2.75, 3.05) is 0 Å². The smallest absolute Gasteiger partial charge is 0.336 e. The first-order valence-corrected chi connectivity index (χ1v) is 7.52. The number of rotatable bonds is 7. The molecule has 0 aliphatic rings. The van der Waals surface area contributed by atoms with E-state index in [1.54, 1.807) is 12.1 Å². The highest BCUT2D eigenvalue weighted by molar-refractivity contribution is 6.04. The van der Waals surface area contributed by atoms with E-state index in [2.05, 4.69) is 5.32 Å². The van der Waals surface area contributed by atoms with Crippen LogP contribution in [0.3, 0.4) is 0 Å². The van der Waals surface area contributed by atoms with Crippen molar-refractivity contribution in [1.29, 1.82) is 0 Å². The number of carbonyl (C=O) groups excluding carboxylic acids is 1. The number of hydrogen-bond donors (Lipinski definition) is 4. The first-order chi connectivity index (χ1) is 11.5. The highest BCUT2D eigenvalue weighted by Crippen LogP contribution is 2.10. The van der Waals surface area contributed by atoms with Gasteiger partial charge in [0, 0.05) is 13.0 Å². The van der Waals surface area contributed by atoms with Crippen LogP contribution in [0, 0.1) is 0 Å². The van der Waals surface area contributed by atoms with Crippen molar-refractivity contribution in [2.45, 2.75) is 25.7 Å². The van der Waals surface area contributed by atoms with Crippen LogP contribution in [0.5, 0.6) is 0 Å². The second-order valence-electron chi connectivity index (χ2n) is 5.37. The maximum atomic E-state index is 12.2. The van der Waals surface area contributed by atoms with Crippen LogP contribution in [0.2, 0.25) is 0 Å². The fourth-order valence-electron chi connectivity index (χ4n) is 2.26. The summed E-state index contributed by atoms with van der Waals surface area (Å²) in [5, 5.41) is 29.5. The quantitative estimate of drug-likeness (QED) is 0.577. The maximum Gasteiger partial charge on any atom is 0.336 e. The van der Waals surface area contributed by atoms with Crippen LogP contribution < -0.4 is 5.32 Å². The van der Waals surface area contributed by atoms with Gasteiger partial charge >= 0.3 is 5.97 Å². The van der Waals surface area contributed by atoms with Gasteiger partial charge in [-0.25, -0.2) is 4.79 Å². The molecule has 0 fully saturated rings. The number of benzene rings is 2. The van der Waals surface area contributed by atoms with Crippen molar-refractivity contribution in [3.63, 3.8) is 0 Å². The van der Waals surface area contributed by atoms with E-state index in [1.165, 1.54) is 12.1 Å². The number of carboxylic acid groups (broad SMARTS) is 1. The number of aryl methyl sites for hydroxylation is 1. The maximum absolute atomic E-state index is 12.2. The summed E-state index contributed by atoms with van der Waals surface area (Å²) < 4.78 is 0. The van der Waals surface area contributed by atoms with E-state index in [-0.39, 0.29) is 24.1 Å². The van der Waals surface area contributed by atoms with Gasteiger partial charge < -0.3 is 20.6 Å². The van der Waals surface area contributed by atoms with Gasteiger partial charge in [-0.05, 0) is 29.7 Å². The summed E-state index contributed by atoms with van der Waals surface area (Å²) in [5.74, 6) is -1.59. The molecule has 0 aliphatic heterocycles. The Morgan fingerprint density at radius 1 is 0.917 bits per heavy atom. The average Bonchev–Trinajstić information content (AvgIpc) is 2.58. The van der Waals surface area contributed by atoms with Crippen molar-refractivity contribution in [2.24, 2.45) is 0 Å². The molecule has 6 nitrogen and oxygen atoms in total. The molecule has 0 heterocycles. The van der Waals surface area contributed by atoms with E-state index in [0.29, 0.717) is 6.42 Å². The second kappa shape index (κ2) is 8.24. The van der Waals surface area contributed by atoms with Crippen molar-refractivity contribution < 1.29 is 24.9 Å². The van der Waals surface area contributed by atoms with Crippen molar-refractivity contribution >= 4 is 11.9 Å². The Labute approximate surface area is 139 Å². The van der Waals surface area contributed by atoms with Gasteiger partial charge in [0.25, 0.3) is 5.91 Å². The Hall–Kier alpha value is -2.70. The topological polar surface area (TPSA) is 107 Å². The molecule has 0 bridgehead atoms. The number of aliphatic hydroxyl groups is 2. The van der Waals surface area contributed by atoms with Crippen LogP contribution in [-0.4, -0.2) is 33.5 Å². The molecule has 0 aromatic heterocycles. The summed E-state index contributed by atoms with van der Waals surface area (Å²) in [5.41, 5.74) is 1.92. The summed E-state index contributed by atoms with van der Waals surface area (Å²) in [6.45, 7) is 0.274. The number of aliphatic hydroxyl groups excluding tert-OH is 1. The zero-order chi connectivity index (χ0) is 17.5. The number of carboxylic acids is 1. The van der Waals surface area contributed by atoms with E-state index in [0.717, 1.165) is 11.1 Å². The molecule has 2 rings (SSSR count). The monoisotopic (exact) mass is 329 g/mol. The normalized spacial score (nSPS) is 10.6. The van der Waals surface area contributed by atoms with Gasteiger partial charge in [-0.3, -0.25) is 4.79 Å². The zero-order valence-corrected chi connectivity index (χ0v) is 13.0. The lowest BCUT2D eigenvalue weighted by Crippen LogP contribution is -2.24. The largest absolute Gasteiger partial charge is 0.478 e. The first kappa shape index (κ1) is 17.7. The molecule has 2 aromatic carbocycles. The molecule has 0 unspecified atom stereocenters. The lowest BCUT2D eigenvalue weighted by atomic mass is 10.1. The summed E-state index contributed by atoms with van der Waals surface area (Å²) in [6, 6.07) is 13.4. The number of aromatic carboxylic acids is 1. The van der Waals surface area contributed by atoms with Crippen molar-refractivity contribution in [1.82, 2.24) is 5.32 Å². The van der Waals surface area contributed by atoms with Gasteiger partial charge in [0.1, 0.15) is 0 Å². The van der Waals surface area contributed by atoms with Crippen LogP contribution in [0.4, 0.5) is 0 Å². The second-order valence-corrected chi connectivity index (χ2v) is 5.37. The predicted octanol–water partition coefficient (Wildman–Crippen LogP) is 1.56. The van der Waals surface area contributed by atoms with Crippen molar-refractivity contribution in [3.8, 4) is 0 Å². The van der Waals surface area contributed by atoms with Crippen molar-refractivity contribution in [3.05, 3.63) is 70.8 Å². The third-order valence-electron chi connectivity index (χ3n) is 3.57. The minimum absolute atomic E-state index is 0.0343. The predicted molar refractivity (Wildman–Crippen MR) is 87.6 cm³/mol. The molecule has 0 saturated heterocycles. The molecule has 1 amide bonds. The van der Waals surface area contributed by atoms with Crippen LogP contribution in [-0.2, 0) is 13.0 Å². The van der Waals surface area contributed by atoms with Gasteiger partial charge in [-0.2, -0.15) is 0 Å². The molecule has 0 spiro atoms.